The maximum Gasteiger partial charge on any atom is 0.330 e. The Kier molecular flexibility index (Phi) is 9.34. The number of anilines is 1. The highest BCUT2D eigenvalue weighted by Gasteiger charge is 2.42. The van der Waals surface area contributed by atoms with Crippen molar-refractivity contribution in [1.29, 1.82) is 0 Å². The Bertz CT molecular complexity index is 1900. The number of hydrogen-bond acceptors (Lipinski definition) is 7. The lowest BCUT2D eigenvalue weighted by atomic mass is 9.75. The van der Waals surface area contributed by atoms with Crippen molar-refractivity contribution in [1.82, 2.24) is 4.58 Å². The van der Waals surface area contributed by atoms with E-state index in [-0.39, 0.29) is 47.7 Å². The molecule has 2 aromatic rings. The van der Waals surface area contributed by atoms with E-state index < -0.39 is 11.9 Å². The standard InChI is InChI=1S/C40H48N2O6/c1-11-33(43)47-15-13-41-31-17-23(3)29(19-27(31)25(5)21-39(41,7)8)35-37(45)36(38(35)46)30-20-28-26(6)22-40(9,10)42(32(28)18-24(30)4)14-16-48-34(44)12-2/h11-12,17-20,25-26H,1-2,13-16,21-22H2,3-10H3/p+1. The molecule has 2 aliphatic heterocycles. The van der Waals surface area contributed by atoms with Crippen LogP contribution in [0.3, 0.4) is 0 Å². The van der Waals surface area contributed by atoms with E-state index in [0.717, 1.165) is 56.9 Å². The zero-order valence-corrected chi connectivity index (χ0v) is 29.7. The summed E-state index contributed by atoms with van der Waals surface area (Å²) in [6.45, 7) is 25.6. The van der Waals surface area contributed by atoms with Crippen molar-refractivity contribution in [2.75, 3.05) is 31.2 Å². The SMILES string of the molecule is C=CC(=O)OCCN1c2cc(C)c(C3=C(O)/C(=c4\cc5c(cc4C)=[N+](CCOC(=O)C=C)C(C)(C)CC5C)C3=O)cc2C(C)CC1(C)C. The molecule has 0 spiro atoms. The Labute approximate surface area is 283 Å². The zero-order chi connectivity index (χ0) is 35.3. The van der Waals surface area contributed by atoms with Gasteiger partial charge in [-0.1, -0.05) is 27.0 Å². The molecular weight excluding hydrogens is 604 g/mol. The van der Waals surface area contributed by atoms with Crippen LogP contribution in [0, 0.1) is 13.8 Å². The van der Waals surface area contributed by atoms with E-state index in [9.17, 15) is 19.5 Å². The quantitative estimate of drug-likeness (QED) is 0.222. The predicted octanol–water partition coefficient (Wildman–Crippen LogP) is 5.33. The second kappa shape index (κ2) is 12.9. The molecule has 48 heavy (non-hydrogen) atoms. The van der Waals surface area contributed by atoms with Crippen molar-refractivity contribution in [2.24, 2.45) is 0 Å². The second-order valence-corrected chi connectivity index (χ2v) is 14.8. The summed E-state index contributed by atoms with van der Waals surface area (Å²) in [7, 11) is 0. The van der Waals surface area contributed by atoms with E-state index in [4.69, 9.17) is 9.47 Å². The molecule has 0 aromatic heterocycles. The Morgan fingerprint density at radius 1 is 0.917 bits per heavy atom. The largest absolute Gasteiger partial charge is 0.506 e. The molecule has 0 fully saturated rings. The van der Waals surface area contributed by atoms with Gasteiger partial charge in [0.25, 0.3) is 0 Å². The summed E-state index contributed by atoms with van der Waals surface area (Å²) >= 11 is 0. The number of ketones is 1. The maximum absolute atomic E-state index is 14.0. The van der Waals surface area contributed by atoms with E-state index >= 15 is 0 Å². The lowest BCUT2D eigenvalue weighted by Gasteiger charge is -2.48. The number of hydrogen-bond donors (Lipinski definition) is 1. The number of aliphatic hydroxyl groups is 1. The minimum Gasteiger partial charge on any atom is -0.506 e. The first-order chi connectivity index (χ1) is 22.5. The molecule has 0 saturated carbocycles. The number of rotatable bonds is 9. The van der Waals surface area contributed by atoms with Gasteiger partial charge >= 0.3 is 11.9 Å². The second-order valence-electron chi connectivity index (χ2n) is 14.8. The molecule has 5 rings (SSSR count). The van der Waals surface area contributed by atoms with Gasteiger partial charge in [-0.3, -0.25) is 4.79 Å². The van der Waals surface area contributed by atoms with Gasteiger partial charge in [0.2, 0.25) is 11.1 Å². The van der Waals surface area contributed by atoms with Gasteiger partial charge in [0, 0.05) is 41.4 Å². The minimum absolute atomic E-state index is 0.0278. The van der Waals surface area contributed by atoms with Crippen LogP contribution >= 0.6 is 0 Å². The average molecular weight is 654 g/mol. The summed E-state index contributed by atoms with van der Waals surface area (Å²) < 4.78 is 12.9. The van der Waals surface area contributed by atoms with E-state index in [1.807, 2.05) is 13.8 Å². The van der Waals surface area contributed by atoms with E-state index in [0.29, 0.717) is 24.2 Å². The van der Waals surface area contributed by atoms with Crippen LogP contribution in [0.1, 0.15) is 94.0 Å². The lowest BCUT2D eigenvalue weighted by molar-refractivity contribution is -0.138. The summed E-state index contributed by atoms with van der Waals surface area (Å²) in [5.41, 5.74) is 6.16. The number of Topliss-reactive ketones (excluding diaryl/α,β-unsaturated/α-hetero) is 1. The maximum atomic E-state index is 14.0. The molecule has 3 aliphatic rings. The van der Waals surface area contributed by atoms with Crippen LogP contribution in [-0.2, 0) is 23.9 Å². The number of fused-ring (bicyclic) bond motifs is 2. The van der Waals surface area contributed by atoms with Crippen molar-refractivity contribution in [3.63, 3.8) is 0 Å². The lowest BCUT2D eigenvalue weighted by Crippen LogP contribution is -2.54. The predicted molar refractivity (Wildman–Crippen MR) is 190 cm³/mol. The number of nitrogens with zero attached hydrogens (tertiary/aromatic N) is 2. The summed E-state index contributed by atoms with van der Waals surface area (Å²) in [6.07, 6.45) is 4.10. The third-order valence-corrected chi connectivity index (χ3v) is 10.4. The molecule has 0 radical (unpaired) electrons. The molecule has 0 amide bonds. The number of carbonyl (C=O) groups is 3. The number of benzene rings is 2. The van der Waals surface area contributed by atoms with Gasteiger partial charge in [0.05, 0.1) is 17.7 Å². The molecule has 8 nitrogen and oxygen atoms in total. The summed E-state index contributed by atoms with van der Waals surface area (Å²) in [5, 5.41) is 13.4. The molecule has 2 heterocycles. The molecular formula is C40H49N2O6+. The minimum atomic E-state index is -0.445. The Morgan fingerprint density at radius 3 is 2.17 bits per heavy atom. The molecule has 1 aliphatic carbocycles. The molecule has 8 heteroatoms. The summed E-state index contributed by atoms with van der Waals surface area (Å²) in [4.78, 5) is 39.6. The highest BCUT2D eigenvalue weighted by atomic mass is 16.5. The molecule has 254 valence electrons. The fourth-order valence-corrected chi connectivity index (χ4v) is 8.15. The van der Waals surface area contributed by atoms with Crippen molar-refractivity contribution in [3.05, 3.63) is 93.7 Å². The zero-order valence-electron chi connectivity index (χ0n) is 29.7. The molecule has 2 unspecified atom stereocenters. The summed E-state index contributed by atoms with van der Waals surface area (Å²) in [6, 6.07) is 8.32. The molecule has 0 bridgehead atoms. The monoisotopic (exact) mass is 653 g/mol. The van der Waals surface area contributed by atoms with E-state index in [1.165, 1.54) is 12.2 Å². The van der Waals surface area contributed by atoms with Crippen LogP contribution in [0.15, 0.2) is 55.3 Å². The first-order valence-electron chi connectivity index (χ1n) is 16.8. The van der Waals surface area contributed by atoms with Crippen LogP contribution in [0.5, 0.6) is 0 Å². The Hall–Kier alpha value is -4.46. The fraction of sp³-hybridized carbons (Fsp3) is 0.450. The number of carbonyl (C=O) groups excluding carboxylic acids is 3. The molecule has 2 atom stereocenters. The highest BCUT2D eigenvalue weighted by molar-refractivity contribution is 6.51. The number of aryl methyl sites for hydroxylation is 2. The first kappa shape index (κ1) is 34.9. The first-order valence-corrected chi connectivity index (χ1v) is 16.8. The fourth-order valence-electron chi connectivity index (χ4n) is 8.15. The van der Waals surface area contributed by atoms with Gasteiger partial charge in [-0.05, 0) is 105 Å². The van der Waals surface area contributed by atoms with Crippen molar-refractivity contribution in [3.8, 4) is 0 Å². The van der Waals surface area contributed by atoms with Crippen molar-refractivity contribution < 1.29 is 29.0 Å². The van der Waals surface area contributed by atoms with Crippen LogP contribution < -0.4 is 20.1 Å². The van der Waals surface area contributed by atoms with Crippen LogP contribution in [0.4, 0.5) is 5.69 Å². The Balaban J connectivity index is 1.58. The van der Waals surface area contributed by atoms with Gasteiger partial charge in [-0.15, -0.1) is 0 Å². The average Bonchev–Trinajstić information content (AvgIpc) is 3.01. The van der Waals surface area contributed by atoms with Crippen LogP contribution in [0.2, 0.25) is 0 Å². The van der Waals surface area contributed by atoms with Gasteiger partial charge in [-0.25, -0.2) is 14.2 Å². The van der Waals surface area contributed by atoms with E-state index in [1.54, 1.807) is 0 Å². The highest BCUT2D eigenvalue weighted by Crippen LogP contribution is 2.47. The molecule has 2 aromatic carbocycles. The van der Waals surface area contributed by atoms with Crippen LogP contribution in [-0.4, -0.2) is 60.2 Å². The molecule has 1 N–H and O–H groups in total. The molecule has 0 saturated heterocycles. The van der Waals surface area contributed by atoms with Gasteiger partial charge in [0.1, 0.15) is 12.4 Å². The van der Waals surface area contributed by atoms with Gasteiger partial charge in [0.15, 0.2) is 18.7 Å². The summed E-state index contributed by atoms with van der Waals surface area (Å²) in [5.74, 6) is -0.578. The smallest absolute Gasteiger partial charge is 0.330 e. The number of aliphatic hydroxyl groups excluding tert-OH is 1. The van der Waals surface area contributed by atoms with Crippen LogP contribution in [0.25, 0.3) is 11.1 Å². The topological polar surface area (TPSA) is 96.1 Å². The van der Waals surface area contributed by atoms with Gasteiger partial charge in [-0.2, -0.15) is 0 Å². The van der Waals surface area contributed by atoms with Gasteiger partial charge < -0.3 is 19.5 Å². The number of ether oxygens (including phenoxy) is 2. The normalized spacial score (nSPS) is 22.0. The van der Waals surface area contributed by atoms with Crippen molar-refractivity contribution >= 4 is 34.6 Å². The third kappa shape index (κ3) is 6.13. The van der Waals surface area contributed by atoms with Crippen molar-refractivity contribution in [2.45, 2.75) is 91.1 Å². The number of allylic oxidation sites excluding steroid dienone is 2. The number of esters is 2. The Morgan fingerprint density at radius 2 is 1.54 bits per heavy atom. The third-order valence-electron chi connectivity index (χ3n) is 10.4. The van der Waals surface area contributed by atoms with E-state index in [2.05, 4.69) is 88.4 Å².